The van der Waals surface area contributed by atoms with Crippen molar-refractivity contribution in [2.24, 2.45) is 5.73 Å². The maximum absolute atomic E-state index is 5.84. The molecular weight excluding hydrogens is 166 g/mol. The van der Waals surface area contributed by atoms with Gasteiger partial charge < -0.3 is 21.4 Å². The summed E-state index contributed by atoms with van der Waals surface area (Å²) in [5.74, 6) is 0.990. The van der Waals surface area contributed by atoms with Crippen LogP contribution in [0.4, 0.5) is 0 Å². The van der Waals surface area contributed by atoms with E-state index >= 15 is 0 Å². The van der Waals surface area contributed by atoms with Crippen molar-refractivity contribution in [1.29, 1.82) is 0 Å². The van der Waals surface area contributed by atoms with E-state index in [1.165, 1.54) is 0 Å². The van der Waals surface area contributed by atoms with Crippen molar-refractivity contribution >= 4 is 0 Å². The van der Waals surface area contributed by atoms with E-state index in [0.29, 0.717) is 0 Å². The quantitative estimate of drug-likeness (QED) is 0.402. The lowest BCUT2D eigenvalue weighted by molar-refractivity contribution is 0.271. The standard InChI is InChI=1S/C8H15N5/c9-7-1-2-11-12-8(7)13-5-3-10-4-6-13/h1-2,10-12H,3-6,9H2. The lowest BCUT2D eigenvalue weighted by atomic mass is 10.3. The smallest absolute Gasteiger partial charge is 0.144 e. The van der Waals surface area contributed by atoms with Gasteiger partial charge in [-0.1, -0.05) is 0 Å². The van der Waals surface area contributed by atoms with Gasteiger partial charge in [0.1, 0.15) is 5.82 Å². The van der Waals surface area contributed by atoms with E-state index in [-0.39, 0.29) is 0 Å². The average molecular weight is 181 g/mol. The Morgan fingerprint density at radius 3 is 2.77 bits per heavy atom. The van der Waals surface area contributed by atoms with E-state index in [4.69, 9.17) is 5.73 Å². The van der Waals surface area contributed by atoms with Gasteiger partial charge in [-0.2, -0.15) is 0 Å². The molecule has 0 aromatic heterocycles. The first-order valence-corrected chi connectivity index (χ1v) is 4.51. The normalized spacial score (nSPS) is 22.6. The third-order valence-electron chi connectivity index (χ3n) is 2.24. The Morgan fingerprint density at radius 1 is 1.31 bits per heavy atom. The molecule has 0 aliphatic carbocycles. The highest BCUT2D eigenvalue weighted by atomic mass is 15.4. The summed E-state index contributed by atoms with van der Waals surface area (Å²) in [6.45, 7) is 4.03. The second-order valence-electron chi connectivity index (χ2n) is 3.14. The van der Waals surface area contributed by atoms with Crippen molar-refractivity contribution < 1.29 is 0 Å². The van der Waals surface area contributed by atoms with Crippen LogP contribution in [-0.4, -0.2) is 31.1 Å². The van der Waals surface area contributed by atoms with Crippen LogP contribution in [0.15, 0.2) is 23.8 Å². The molecule has 5 nitrogen and oxygen atoms in total. The Bertz CT molecular complexity index is 239. The molecule has 0 atom stereocenters. The van der Waals surface area contributed by atoms with Crippen LogP contribution in [0.3, 0.4) is 0 Å². The fourth-order valence-corrected chi connectivity index (χ4v) is 1.54. The maximum Gasteiger partial charge on any atom is 0.144 e. The molecule has 1 saturated heterocycles. The van der Waals surface area contributed by atoms with Gasteiger partial charge in [0, 0.05) is 32.4 Å². The average Bonchev–Trinajstić information content (AvgIpc) is 2.20. The fraction of sp³-hybridized carbons (Fsp3) is 0.500. The third kappa shape index (κ3) is 1.70. The fourth-order valence-electron chi connectivity index (χ4n) is 1.54. The van der Waals surface area contributed by atoms with Gasteiger partial charge in [-0.25, -0.2) is 0 Å². The molecule has 1 fully saturated rings. The molecule has 0 amide bonds. The molecule has 2 aliphatic heterocycles. The summed E-state index contributed by atoms with van der Waals surface area (Å²) < 4.78 is 0. The Balaban J connectivity index is 2.08. The van der Waals surface area contributed by atoms with E-state index in [2.05, 4.69) is 21.1 Å². The Morgan fingerprint density at radius 2 is 2.08 bits per heavy atom. The van der Waals surface area contributed by atoms with Crippen LogP contribution in [-0.2, 0) is 0 Å². The zero-order valence-electron chi connectivity index (χ0n) is 7.51. The lowest BCUT2D eigenvalue weighted by Crippen LogP contribution is -2.49. The van der Waals surface area contributed by atoms with Crippen molar-refractivity contribution in [3.05, 3.63) is 23.8 Å². The molecule has 5 N–H and O–H groups in total. The zero-order valence-corrected chi connectivity index (χ0v) is 7.51. The highest BCUT2D eigenvalue weighted by molar-refractivity contribution is 5.23. The molecule has 72 valence electrons. The number of rotatable bonds is 1. The van der Waals surface area contributed by atoms with Gasteiger partial charge in [-0.15, -0.1) is 0 Å². The number of allylic oxidation sites excluding steroid dienone is 1. The molecule has 5 heteroatoms. The van der Waals surface area contributed by atoms with Crippen molar-refractivity contribution in [2.45, 2.75) is 0 Å². The van der Waals surface area contributed by atoms with Crippen molar-refractivity contribution in [3.8, 4) is 0 Å². The highest BCUT2D eigenvalue weighted by Gasteiger charge is 2.15. The summed E-state index contributed by atoms with van der Waals surface area (Å²) >= 11 is 0. The molecule has 0 aromatic rings. The molecule has 13 heavy (non-hydrogen) atoms. The van der Waals surface area contributed by atoms with Crippen LogP contribution in [0.5, 0.6) is 0 Å². The van der Waals surface area contributed by atoms with Gasteiger partial charge in [0.2, 0.25) is 0 Å². The third-order valence-corrected chi connectivity index (χ3v) is 2.24. The predicted molar refractivity (Wildman–Crippen MR) is 51.1 cm³/mol. The first kappa shape index (κ1) is 8.25. The molecule has 0 unspecified atom stereocenters. The second kappa shape index (κ2) is 3.57. The summed E-state index contributed by atoms with van der Waals surface area (Å²) in [6.07, 6.45) is 3.66. The number of hydrogen-bond donors (Lipinski definition) is 4. The second-order valence-corrected chi connectivity index (χ2v) is 3.14. The number of hydrogen-bond acceptors (Lipinski definition) is 5. The number of piperazine rings is 1. The zero-order chi connectivity index (χ0) is 9.10. The predicted octanol–water partition coefficient (Wildman–Crippen LogP) is -1.36. The number of nitrogens with zero attached hydrogens (tertiary/aromatic N) is 1. The molecule has 2 rings (SSSR count). The van der Waals surface area contributed by atoms with Crippen LogP contribution < -0.4 is 21.9 Å². The van der Waals surface area contributed by atoms with Crippen LogP contribution in [0.25, 0.3) is 0 Å². The monoisotopic (exact) mass is 181 g/mol. The van der Waals surface area contributed by atoms with Crippen LogP contribution in [0.1, 0.15) is 0 Å². The molecule has 0 saturated carbocycles. The van der Waals surface area contributed by atoms with Gasteiger partial charge in [-0.3, -0.25) is 5.43 Å². The maximum atomic E-state index is 5.84. The van der Waals surface area contributed by atoms with Gasteiger partial charge >= 0.3 is 0 Å². The molecule has 0 bridgehead atoms. The Labute approximate surface area is 77.6 Å². The van der Waals surface area contributed by atoms with E-state index < -0.39 is 0 Å². The van der Waals surface area contributed by atoms with E-state index in [1.54, 1.807) is 6.20 Å². The number of hydrazine groups is 1. The summed E-state index contributed by atoms with van der Waals surface area (Å²) in [7, 11) is 0. The molecular formula is C8H15N5. The molecule has 0 aromatic carbocycles. The van der Waals surface area contributed by atoms with Crippen molar-refractivity contribution in [2.75, 3.05) is 26.2 Å². The Hall–Kier alpha value is -1.36. The minimum atomic E-state index is 0.792. The summed E-state index contributed by atoms with van der Waals surface area (Å²) in [6, 6.07) is 0. The minimum absolute atomic E-state index is 0.792. The topological polar surface area (TPSA) is 65.3 Å². The molecule has 0 spiro atoms. The summed E-state index contributed by atoms with van der Waals surface area (Å²) in [4.78, 5) is 2.24. The van der Waals surface area contributed by atoms with E-state index in [1.807, 2.05) is 6.08 Å². The SMILES string of the molecule is NC1=C(N2CCNCC2)NNC=C1. The van der Waals surface area contributed by atoms with Crippen LogP contribution in [0.2, 0.25) is 0 Å². The molecule has 2 aliphatic rings. The van der Waals surface area contributed by atoms with Crippen molar-refractivity contribution in [3.63, 3.8) is 0 Å². The lowest BCUT2D eigenvalue weighted by Gasteiger charge is -2.33. The largest absolute Gasteiger partial charge is 0.396 e. The van der Waals surface area contributed by atoms with E-state index in [0.717, 1.165) is 37.7 Å². The summed E-state index contributed by atoms with van der Waals surface area (Å²) in [5, 5.41) is 3.30. The van der Waals surface area contributed by atoms with Crippen LogP contribution >= 0.6 is 0 Å². The van der Waals surface area contributed by atoms with Crippen LogP contribution in [0, 0.1) is 0 Å². The van der Waals surface area contributed by atoms with Gasteiger partial charge in [0.15, 0.2) is 0 Å². The Kier molecular flexibility index (Phi) is 2.27. The van der Waals surface area contributed by atoms with Gasteiger partial charge in [0.05, 0.1) is 5.70 Å². The first-order chi connectivity index (χ1) is 6.38. The van der Waals surface area contributed by atoms with Gasteiger partial charge in [-0.05, 0) is 6.08 Å². The van der Waals surface area contributed by atoms with Crippen molar-refractivity contribution in [1.82, 2.24) is 21.1 Å². The minimum Gasteiger partial charge on any atom is -0.396 e. The first-order valence-electron chi connectivity index (χ1n) is 4.51. The summed E-state index contributed by atoms with van der Waals surface area (Å²) in [5.41, 5.74) is 12.6. The molecule has 0 radical (unpaired) electrons. The number of nitrogens with two attached hydrogens (primary N) is 1. The molecule has 2 heterocycles. The highest BCUT2D eigenvalue weighted by Crippen LogP contribution is 2.07. The van der Waals surface area contributed by atoms with Gasteiger partial charge in [0.25, 0.3) is 0 Å². The van der Waals surface area contributed by atoms with E-state index in [9.17, 15) is 0 Å². The number of nitrogens with one attached hydrogen (secondary N) is 3.